The zero-order valence-electron chi connectivity index (χ0n) is 13.5. The van der Waals surface area contributed by atoms with E-state index in [1.807, 2.05) is 0 Å². The zero-order chi connectivity index (χ0) is 18.4. The van der Waals surface area contributed by atoms with Gasteiger partial charge in [-0.25, -0.2) is 4.98 Å². The number of rotatable bonds is 3. The Morgan fingerprint density at radius 3 is 2.92 bits per heavy atom. The van der Waals surface area contributed by atoms with Crippen molar-refractivity contribution in [3.8, 4) is 17.3 Å². The molecule has 0 saturated carbocycles. The Kier molecular flexibility index (Phi) is 3.90. The van der Waals surface area contributed by atoms with Gasteiger partial charge in [0.05, 0.1) is 16.8 Å². The molecule has 2 N–H and O–H groups in total. The first-order chi connectivity index (χ1) is 12.4. The molecule has 4 rings (SSSR count). The van der Waals surface area contributed by atoms with Crippen LogP contribution in [0.4, 0.5) is 0 Å². The first-order valence-corrected chi connectivity index (χ1v) is 8.87. The maximum Gasteiger partial charge on any atom is 0.269 e. The van der Waals surface area contributed by atoms with Gasteiger partial charge >= 0.3 is 0 Å². The number of aromatic amines is 1. The van der Waals surface area contributed by atoms with E-state index < -0.39 is 0 Å². The van der Waals surface area contributed by atoms with Crippen LogP contribution in [0.3, 0.4) is 0 Å². The number of phenolic OH excluding ortho intramolecular Hbond substituents is 1. The highest BCUT2D eigenvalue weighted by atomic mass is 35.5. The summed E-state index contributed by atoms with van der Waals surface area (Å²) in [6.45, 7) is 0. The number of halogens is 1. The van der Waals surface area contributed by atoms with Crippen LogP contribution in [0.5, 0.6) is 5.75 Å². The van der Waals surface area contributed by atoms with Crippen molar-refractivity contribution in [1.29, 1.82) is 0 Å². The van der Waals surface area contributed by atoms with Crippen molar-refractivity contribution in [3.63, 3.8) is 0 Å². The van der Waals surface area contributed by atoms with Gasteiger partial charge in [0.25, 0.3) is 5.56 Å². The second kappa shape index (κ2) is 6.12. The number of aromatic hydroxyl groups is 1. The molecule has 0 unspecified atom stereocenters. The predicted molar refractivity (Wildman–Crippen MR) is 101 cm³/mol. The smallest absolute Gasteiger partial charge is 0.269 e. The fraction of sp³-hybridized carbons (Fsp3) is 0.0556. The van der Waals surface area contributed by atoms with E-state index in [0.29, 0.717) is 32.3 Å². The van der Waals surface area contributed by atoms with Crippen LogP contribution in [0, 0.1) is 0 Å². The van der Waals surface area contributed by atoms with Crippen molar-refractivity contribution < 1.29 is 9.90 Å². The molecule has 0 aliphatic carbocycles. The summed E-state index contributed by atoms with van der Waals surface area (Å²) in [5, 5.41) is 12.1. The molecule has 3 aromatic heterocycles. The second-order valence-corrected chi connectivity index (χ2v) is 7.12. The van der Waals surface area contributed by atoms with E-state index in [4.69, 9.17) is 11.6 Å². The van der Waals surface area contributed by atoms with Crippen molar-refractivity contribution in [2.45, 2.75) is 0 Å². The molecule has 0 radical (unpaired) electrons. The summed E-state index contributed by atoms with van der Waals surface area (Å²) in [5.74, 6) is -0.139. The maximum absolute atomic E-state index is 12.7. The summed E-state index contributed by atoms with van der Waals surface area (Å²) in [7, 11) is 1.75. The molecule has 26 heavy (non-hydrogen) atoms. The molecule has 4 aromatic rings. The lowest BCUT2D eigenvalue weighted by atomic mass is 10.0. The average molecular weight is 386 g/mol. The van der Waals surface area contributed by atoms with Crippen LogP contribution < -0.4 is 5.56 Å². The minimum atomic E-state index is -0.370. The lowest BCUT2D eigenvalue weighted by Crippen LogP contribution is -2.08. The molecule has 0 amide bonds. The summed E-state index contributed by atoms with van der Waals surface area (Å²) in [6, 6.07) is 7.71. The van der Waals surface area contributed by atoms with Gasteiger partial charge in [-0.15, -0.1) is 11.3 Å². The Labute approximate surface area is 156 Å². The van der Waals surface area contributed by atoms with E-state index in [1.165, 1.54) is 29.5 Å². The van der Waals surface area contributed by atoms with Gasteiger partial charge in [-0.2, -0.15) is 0 Å². The number of nitrogens with one attached hydrogen (secondary N) is 1. The van der Waals surface area contributed by atoms with Crippen LogP contribution >= 0.6 is 22.9 Å². The molecule has 130 valence electrons. The monoisotopic (exact) mass is 385 g/mol. The highest BCUT2D eigenvalue weighted by Crippen LogP contribution is 2.27. The standard InChI is InChI=1S/C18H12ClN3O3S/c1-22-8-9(15(24)11-7-10(19)2-3-14(11)23)6-13(22)17-20-12-4-5-26-16(12)18(25)21-17/h2-8,23H,1H3,(H,20,21,25). The normalized spacial score (nSPS) is 11.2. The minimum absolute atomic E-state index is 0.115. The number of hydrogen-bond donors (Lipinski definition) is 2. The Balaban J connectivity index is 1.81. The Bertz CT molecular complexity index is 1220. The molecular weight excluding hydrogens is 374 g/mol. The molecule has 3 heterocycles. The number of phenols is 1. The first-order valence-electron chi connectivity index (χ1n) is 7.61. The number of fused-ring (bicyclic) bond motifs is 1. The quantitative estimate of drug-likeness (QED) is 0.527. The first kappa shape index (κ1) is 16.6. The lowest BCUT2D eigenvalue weighted by Gasteiger charge is -2.02. The Morgan fingerprint density at radius 2 is 2.12 bits per heavy atom. The van der Waals surface area contributed by atoms with Crippen molar-refractivity contribution in [2.24, 2.45) is 7.05 Å². The van der Waals surface area contributed by atoms with Crippen LogP contribution in [0.15, 0.2) is 46.7 Å². The highest BCUT2D eigenvalue weighted by Gasteiger charge is 2.19. The number of ketones is 1. The van der Waals surface area contributed by atoms with Crippen LogP contribution in [0.25, 0.3) is 21.7 Å². The molecule has 0 atom stereocenters. The van der Waals surface area contributed by atoms with Crippen LogP contribution in [0.2, 0.25) is 5.02 Å². The van der Waals surface area contributed by atoms with Gasteiger partial charge in [0.1, 0.15) is 10.4 Å². The molecular formula is C18H12ClN3O3S. The highest BCUT2D eigenvalue weighted by molar-refractivity contribution is 7.17. The fourth-order valence-corrected chi connectivity index (χ4v) is 3.66. The van der Waals surface area contributed by atoms with Gasteiger partial charge in [0, 0.05) is 23.8 Å². The molecule has 0 saturated heterocycles. The Morgan fingerprint density at radius 1 is 1.31 bits per heavy atom. The number of benzene rings is 1. The molecule has 0 fully saturated rings. The van der Waals surface area contributed by atoms with Crippen molar-refractivity contribution in [2.75, 3.05) is 0 Å². The lowest BCUT2D eigenvalue weighted by molar-refractivity contribution is 0.103. The summed E-state index contributed by atoms with van der Waals surface area (Å²) < 4.78 is 2.26. The third-order valence-electron chi connectivity index (χ3n) is 4.03. The summed E-state index contributed by atoms with van der Waals surface area (Å²) >= 11 is 7.25. The second-order valence-electron chi connectivity index (χ2n) is 5.77. The van der Waals surface area contributed by atoms with Crippen LogP contribution in [-0.2, 0) is 7.05 Å². The number of thiophene rings is 1. The van der Waals surface area contributed by atoms with Gasteiger partial charge < -0.3 is 14.7 Å². The number of hydrogen-bond acceptors (Lipinski definition) is 5. The van der Waals surface area contributed by atoms with Gasteiger partial charge in [-0.3, -0.25) is 9.59 Å². The van der Waals surface area contributed by atoms with Crippen molar-refractivity contribution in [1.82, 2.24) is 14.5 Å². The zero-order valence-corrected chi connectivity index (χ0v) is 15.1. The topological polar surface area (TPSA) is 88.0 Å². The van der Waals surface area contributed by atoms with E-state index in [9.17, 15) is 14.7 Å². The molecule has 0 aliphatic rings. The molecule has 8 heteroatoms. The van der Waals surface area contributed by atoms with Gasteiger partial charge in [-0.1, -0.05) is 11.6 Å². The minimum Gasteiger partial charge on any atom is -0.507 e. The fourth-order valence-electron chi connectivity index (χ4n) is 2.76. The molecule has 0 spiro atoms. The number of aromatic nitrogens is 3. The largest absolute Gasteiger partial charge is 0.507 e. The third-order valence-corrected chi connectivity index (χ3v) is 5.17. The third kappa shape index (κ3) is 2.71. The molecule has 0 bridgehead atoms. The molecule has 0 aliphatic heterocycles. The van der Waals surface area contributed by atoms with Crippen LogP contribution in [0.1, 0.15) is 15.9 Å². The van der Waals surface area contributed by atoms with Crippen molar-refractivity contribution >= 4 is 38.9 Å². The Hall–Kier alpha value is -2.90. The molecule has 6 nitrogen and oxygen atoms in total. The van der Waals surface area contributed by atoms with E-state index in [0.717, 1.165) is 0 Å². The summed E-state index contributed by atoms with van der Waals surface area (Å²) in [4.78, 5) is 32.1. The van der Waals surface area contributed by atoms with Crippen LogP contribution in [-0.4, -0.2) is 25.4 Å². The average Bonchev–Trinajstić information content (AvgIpc) is 3.23. The number of carbonyl (C=O) groups is 1. The predicted octanol–water partition coefficient (Wildman–Crippen LogP) is 3.58. The number of nitrogens with zero attached hydrogens (tertiary/aromatic N) is 2. The van der Waals surface area contributed by atoms with E-state index in [-0.39, 0.29) is 22.7 Å². The molecule has 1 aromatic carbocycles. The van der Waals surface area contributed by atoms with Gasteiger partial charge in [0.2, 0.25) is 0 Å². The van der Waals surface area contributed by atoms with E-state index in [1.54, 1.807) is 35.3 Å². The number of carbonyl (C=O) groups excluding carboxylic acids is 1. The SMILES string of the molecule is Cn1cc(C(=O)c2cc(Cl)ccc2O)cc1-c1nc2ccsc2c(=O)[nH]1. The van der Waals surface area contributed by atoms with Gasteiger partial charge in [0.15, 0.2) is 11.6 Å². The summed E-state index contributed by atoms with van der Waals surface area (Å²) in [6.07, 6.45) is 1.62. The summed E-state index contributed by atoms with van der Waals surface area (Å²) in [5.41, 5.74) is 1.44. The maximum atomic E-state index is 12.7. The van der Waals surface area contributed by atoms with E-state index in [2.05, 4.69) is 9.97 Å². The van der Waals surface area contributed by atoms with E-state index >= 15 is 0 Å². The van der Waals surface area contributed by atoms with Crippen molar-refractivity contribution in [3.05, 3.63) is 68.4 Å². The number of aryl methyl sites for hydroxylation is 1. The van der Waals surface area contributed by atoms with Gasteiger partial charge in [-0.05, 0) is 35.7 Å². The number of H-pyrrole nitrogens is 1.